The van der Waals surface area contributed by atoms with Gasteiger partial charge < -0.3 is 19.1 Å². The molecule has 2 aromatic rings. The smallest absolute Gasteiger partial charge is 0.238 e. The molecule has 0 atom stereocenters. The molecule has 30 heavy (non-hydrogen) atoms. The molecular weight excluding hydrogens is 401 g/mol. The molecule has 0 unspecified atom stereocenters. The van der Waals surface area contributed by atoms with Crippen LogP contribution in [0.4, 0.5) is 10.1 Å². The average Bonchev–Trinajstić information content (AvgIpc) is 2.99. The summed E-state index contributed by atoms with van der Waals surface area (Å²) in [6, 6.07) is 9.88. The van der Waals surface area contributed by atoms with Crippen molar-refractivity contribution in [3.8, 4) is 5.88 Å². The Morgan fingerprint density at radius 1 is 1.20 bits per heavy atom. The van der Waals surface area contributed by atoms with Gasteiger partial charge in [-0.1, -0.05) is 19.1 Å². The molecule has 2 aliphatic rings. The highest BCUT2D eigenvalue weighted by Gasteiger charge is 2.34. The molecule has 2 aliphatic heterocycles. The fraction of sp³-hybridized carbons (Fsp3) is 0.522. The predicted molar refractivity (Wildman–Crippen MR) is 119 cm³/mol. The summed E-state index contributed by atoms with van der Waals surface area (Å²) in [5.74, 6) is 0.618. The molecule has 1 N–H and O–H groups in total. The maximum absolute atomic E-state index is 15.1. The number of hydrogen-bond acceptors (Lipinski definition) is 6. The fourth-order valence-electron chi connectivity index (χ4n) is 4.13. The van der Waals surface area contributed by atoms with Gasteiger partial charge in [-0.05, 0) is 54.2 Å². The predicted octanol–water partition coefficient (Wildman–Crippen LogP) is 4.61. The molecule has 0 aliphatic carbocycles. The van der Waals surface area contributed by atoms with Crippen LogP contribution in [0.3, 0.4) is 0 Å². The zero-order valence-electron chi connectivity index (χ0n) is 17.7. The SMILES string of the molecule is CCN1CCc2cc(NSc3ccc(C4(F)CCOCC4)cc3)c(OC)nc2CC1. The number of hydrogen-bond donors (Lipinski definition) is 1. The third-order valence-electron chi connectivity index (χ3n) is 6.09. The van der Waals surface area contributed by atoms with E-state index in [1.54, 1.807) is 7.11 Å². The highest BCUT2D eigenvalue weighted by atomic mass is 32.2. The number of nitrogens with one attached hydrogen (secondary N) is 1. The van der Waals surface area contributed by atoms with E-state index >= 15 is 4.39 Å². The Morgan fingerprint density at radius 2 is 1.93 bits per heavy atom. The van der Waals surface area contributed by atoms with Crippen LogP contribution in [-0.2, 0) is 23.2 Å². The summed E-state index contributed by atoms with van der Waals surface area (Å²) >= 11 is 1.49. The van der Waals surface area contributed by atoms with Crippen molar-refractivity contribution in [2.75, 3.05) is 44.7 Å². The van der Waals surface area contributed by atoms with Crippen molar-refractivity contribution in [3.05, 3.63) is 47.2 Å². The van der Waals surface area contributed by atoms with Crippen LogP contribution in [0.5, 0.6) is 5.88 Å². The Kier molecular flexibility index (Phi) is 6.80. The summed E-state index contributed by atoms with van der Waals surface area (Å²) in [6.45, 7) is 6.32. The Balaban J connectivity index is 1.45. The van der Waals surface area contributed by atoms with Gasteiger partial charge in [0.15, 0.2) is 0 Å². The number of alkyl halides is 1. The fourth-order valence-corrected chi connectivity index (χ4v) is 4.77. The summed E-state index contributed by atoms with van der Waals surface area (Å²) < 4.78 is 29.3. The third-order valence-corrected chi connectivity index (χ3v) is 6.92. The Bertz CT molecular complexity index is 856. The van der Waals surface area contributed by atoms with E-state index in [0.29, 0.717) is 31.9 Å². The molecule has 7 heteroatoms. The summed E-state index contributed by atoms with van der Waals surface area (Å²) in [6.07, 6.45) is 2.79. The van der Waals surface area contributed by atoms with Gasteiger partial charge in [0.2, 0.25) is 5.88 Å². The normalized spacial score (nSPS) is 19.0. The number of halogens is 1. The van der Waals surface area contributed by atoms with Crippen LogP contribution in [0.2, 0.25) is 0 Å². The van der Waals surface area contributed by atoms with Crippen LogP contribution in [0.1, 0.15) is 36.6 Å². The van der Waals surface area contributed by atoms with Crippen molar-refractivity contribution in [2.45, 2.75) is 43.2 Å². The Hall–Kier alpha value is -1.83. The van der Waals surface area contributed by atoms with Crippen molar-refractivity contribution in [1.82, 2.24) is 9.88 Å². The van der Waals surface area contributed by atoms with Crippen LogP contribution in [0.25, 0.3) is 0 Å². The molecule has 1 aromatic heterocycles. The molecule has 1 aromatic carbocycles. The first-order chi connectivity index (χ1) is 14.6. The summed E-state index contributed by atoms with van der Waals surface area (Å²) in [4.78, 5) is 8.24. The van der Waals surface area contributed by atoms with Crippen LogP contribution >= 0.6 is 11.9 Å². The molecule has 0 spiro atoms. The molecule has 0 radical (unpaired) electrons. The van der Waals surface area contributed by atoms with Crippen LogP contribution < -0.4 is 9.46 Å². The first-order valence-corrected chi connectivity index (χ1v) is 11.5. The molecule has 1 saturated heterocycles. The molecule has 4 rings (SSSR count). The number of aromatic nitrogens is 1. The van der Waals surface area contributed by atoms with Crippen molar-refractivity contribution >= 4 is 17.6 Å². The van der Waals surface area contributed by atoms with Gasteiger partial charge >= 0.3 is 0 Å². The number of anilines is 1. The number of benzene rings is 1. The van der Waals surface area contributed by atoms with Crippen LogP contribution in [-0.4, -0.2) is 49.8 Å². The number of pyridine rings is 1. The second-order valence-corrected chi connectivity index (χ2v) is 8.77. The molecular formula is C23H30FN3O2S. The molecule has 0 saturated carbocycles. The van der Waals surface area contributed by atoms with Gasteiger partial charge in [0.1, 0.15) is 11.4 Å². The van der Waals surface area contributed by atoms with E-state index in [4.69, 9.17) is 14.5 Å². The minimum Gasteiger partial charge on any atom is -0.479 e. The van der Waals surface area contributed by atoms with Gasteiger partial charge in [0.05, 0.1) is 7.11 Å². The van der Waals surface area contributed by atoms with Crippen molar-refractivity contribution in [2.24, 2.45) is 0 Å². The number of fused-ring (bicyclic) bond motifs is 1. The zero-order chi connectivity index (χ0) is 21.0. The number of methoxy groups -OCH3 is 1. The van der Waals surface area contributed by atoms with E-state index in [2.05, 4.69) is 22.6 Å². The number of ether oxygens (including phenoxy) is 2. The average molecular weight is 432 g/mol. The highest BCUT2D eigenvalue weighted by Crippen LogP contribution is 2.37. The summed E-state index contributed by atoms with van der Waals surface area (Å²) in [7, 11) is 1.66. The first kappa shape index (κ1) is 21.4. The van der Waals surface area contributed by atoms with E-state index in [0.717, 1.165) is 54.3 Å². The van der Waals surface area contributed by atoms with Gasteiger partial charge in [-0.3, -0.25) is 0 Å². The van der Waals surface area contributed by atoms with Crippen molar-refractivity contribution in [3.63, 3.8) is 0 Å². The topological polar surface area (TPSA) is 46.6 Å². The van der Waals surface area contributed by atoms with Gasteiger partial charge in [-0.15, -0.1) is 0 Å². The van der Waals surface area contributed by atoms with E-state index in [1.165, 1.54) is 17.5 Å². The summed E-state index contributed by atoms with van der Waals surface area (Å²) in [5.41, 5.74) is 2.75. The molecule has 0 bridgehead atoms. The van der Waals surface area contributed by atoms with Crippen LogP contribution in [0.15, 0.2) is 35.2 Å². The second kappa shape index (κ2) is 9.54. The zero-order valence-corrected chi connectivity index (χ0v) is 18.6. The minimum absolute atomic E-state index is 0.422. The largest absolute Gasteiger partial charge is 0.479 e. The van der Waals surface area contributed by atoms with E-state index < -0.39 is 5.67 Å². The molecule has 162 valence electrons. The van der Waals surface area contributed by atoms with E-state index in [9.17, 15) is 0 Å². The number of nitrogens with zero attached hydrogens (tertiary/aromatic N) is 2. The number of rotatable bonds is 6. The van der Waals surface area contributed by atoms with Crippen LogP contribution in [0, 0.1) is 0 Å². The lowest BCUT2D eigenvalue weighted by Crippen LogP contribution is -2.29. The lowest BCUT2D eigenvalue weighted by molar-refractivity contribution is -0.0115. The lowest BCUT2D eigenvalue weighted by Gasteiger charge is -2.30. The van der Waals surface area contributed by atoms with Gasteiger partial charge in [-0.25, -0.2) is 9.37 Å². The second-order valence-electron chi connectivity index (χ2n) is 7.89. The van der Waals surface area contributed by atoms with Gasteiger partial charge in [0.25, 0.3) is 0 Å². The number of likely N-dealkylation sites (N-methyl/N-ethyl adjacent to an activating group) is 1. The maximum atomic E-state index is 15.1. The minimum atomic E-state index is -1.27. The lowest BCUT2D eigenvalue weighted by atomic mass is 9.88. The van der Waals surface area contributed by atoms with Gasteiger partial charge in [0, 0.05) is 56.2 Å². The highest BCUT2D eigenvalue weighted by molar-refractivity contribution is 8.00. The standard InChI is InChI=1S/C23H30FN3O2S/c1-3-27-12-8-17-16-21(22(28-2)25-20(17)9-13-27)26-30-19-6-4-18(5-7-19)23(24)10-14-29-15-11-23/h4-7,16,26H,3,8-15H2,1-2H3. The van der Waals surface area contributed by atoms with Crippen molar-refractivity contribution in [1.29, 1.82) is 0 Å². The molecule has 0 amide bonds. The monoisotopic (exact) mass is 431 g/mol. The van der Waals surface area contributed by atoms with E-state index in [1.807, 2.05) is 24.3 Å². The first-order valence-electron chi connectivity index (χ1n) is 10.7. The Morgan fingerprint density at radius 3 is 2.63 bits per heavy atom. The van der Waals surface area contributed by atoms with E-state index in [-0.39, 0.29) is 0 Å². The quantitative estimate of drug-likeness (QED) is 0.675. The molecule has 5 nitrogen and oxygen atoms in total. The molecule has 1 fully saturated rings. The Labute approximate surface area is 182 Å². The maximum Gasteiger partial charge on any atom is 0.238 e. The molecule has 3 heterocycles. The summed E-state index contributed by atoms with van der Waals surface area (Å²) in [5, 5.41) is 0. The third kappa shape index (κ3) is 4.74. The van der Waals surface area contributed by atoms with Gasteiger partial charge in [-0.2, -0.15) is 0 Å². The van der Waals surface area contributed by atoms with Crippen molar-refractivity contribution < 1.29 is 13.9 Å².